The maximum Gasteiger partial charge on any atom is 0.322 e. The highest BCUT2D eigenvalue weighted by molar-refractivity contribution is 7.99. The summed E-state index contributed by atoms with van der Waals surface area (Å²) in [5.41, 5.74) is 11.0. The zero-order valence-corrected chi connectivity index (χ0v) is 22.6. The number of aryl methyl sites for hydroxylation is 1. The van der Waals surface area contributed by atoms with Crippen LogP contribution in [0, 0.1) is 0 Å². The van der Waals surface area contributed by atoms with Gasteiger partial charge in [0.05, 0.1) is 19.3 Å². The Kier molecular flexibility index (Phi) is 11.0. The zero-order valence-electron chi connectivity index (χ0n) is 21.8. The Morgan fingerprint density at radius 1 is 1.32 bits per heavy atom. The molecule has 3 heterocycles. The molecule has 5 atom stereocenters. The summed E-state index contributed by atoms with van der Waals surface area (Å²) in [6.07, 6.45) is -1.17. The first-order valence-corrected chi connectivity index (χ1v) is 13.7. The number of aliphatic carboxylic acids is 2. The number of hydrogen-bond donors (Lipinski definition) is 9. The van der Waals surface area contributed by atoms with E-state index in [1.165, 1.54) is 16.3 Å². The average molecular weight is 602 g/mol. The lowest BCUT2D eigenvalue weighted by molar-refractivity contribution is -0.739. The number of anilines is 1. The number of ether oxygens (including phenoxy) is 1. The Balaban J connectivity index is 1.69. The molecule has 11 N–H and O–H groups in total. The van der Waals surface area contributed by atoms with Gasteiger partial charge < -0.3 is 47.3 Å². The molecule has 1 fully saturated rings. The summed E-state index contributed by atoms with van der Waals surface area (Å²) in [6.45, 7) is -0.830. The van der Waals surface area contributed by atoms with Crippen LogP contribution in [-0.4, -0.2) is 108 Å². The molecule has 1 aliphatic heterocycles. The minimum atomic E-state index is -1.28. The number of carboxylic acid groups (broad SMARTS) is 2. The molecule has 0 bridgehead atoms. The van der Waals surface area contributed by atoms with Crippen LogP contribution in [0.15, 0.2) is 11.1 Å². The van der Waals surface area contributed by atoms with E-state index in [2.05, 4.69) is 20.6 Å². The summed E-state index contributed by atoms with van der Waals surface area (Å²) < 4.78 is 8.82. The second kappa shape index (κ2) is 14.2. The van der Waals surface area contributed by atoms with E-state index in [0.29, 0.717) is 5.75 Å². The monoisotopic (exact) mass is 601 g/mol. The Hall–Kier alpha value is -3.78. The Labute approximate surface area is 236 Å². The van der Waals surface area contributed by atoms with Crippen molar-refractivity contribution >= 4 is 52.6 Å². The Morgan fingerprint density at radius 2 is 2.05 bits per heavy atom. The molecule has 18 nitrogen and oxygen atoms in total. The number of amides is 2. The number of carbonyl (C=O) groups excluding carboxylic acids is 2. The summed E-state index contributed by atoms with van der Waals surface area (Å²) in [7, 11) is 0. The van der Waals surface area contributed by atoms with Gasteiger partial charge in [-0.25, -0.2) is 4.57 Å². The Bertz CT molecular complexity index is 1330. The number of nitrogens with zero attached hydrogens (tertiary/aromatic N) is 3. The molecule has 41 heavy (non-hydrogen) atoms. The van der Waals surface area contributed by atoms with Crippen LogP contribution < -0.4 is 32.2 Å². The first kappa shape index (κ1) is 31.7. The van der Waals surface area contributed by atoms with Gasteiger partial charge in [0.25, 0.3) is 11.5 Å². The molecule has 0 radical (unpaired) electrons. The van der Waals surface area contributed by atoms with E-state index in [4.69, 9.17) is 26.4 Å². The molecule has 226 valence electrons. The van der Waals surface area contributed by atoms with Gasteiger partial charge in [-0.1, -0.05) is 4.98 Å². The van der Waals surface area contributed by atoms with E-state index < -0.39 is 73.0 Å². The van der Waals surface area contributed by atoms with Crippen LogP contribution in [0.3, 0.4) is 0 Å². The number of aliphatic hydroxyl groups is 2. The van der Waals surface area contributed by atoms with Crippen LogP contribution in [0.4, 0.5) is 5.95 Å². The third kappa shape index (κ3) is 8.36. The van der Waals surface area contributed by atoms with E-state index in [1.807, 2.05) is 0 Å². The van der Waals surface area contributed by atoms with Crippen molar-refractivity contribution in [2.45, 2.75) is 56.3 Å². The third-order valence-electron chi connectivity index (χ3n) is 6.21. The number of fused-ring (bicyclic) bond motifs is 1. The lowest BCUT2D eigenvalue weighted by atomic mass is 10.1. The van der Waals surface area contributed by atoms with E-state index in [1.54, 1.807) is 10.9 Å². The molecule has 1 aliphatic rings. The highest BCUT2D eigenvalue weighted by atomic mass is 32.2. The fraction of sp³-hybridized carbons (Fsp3) is 0.591. The van der Waals surface area contributed by atoms with Crippen LogP contribution >= 0.6 is 11.8 Å². The number of nitrogen functional groups attached to an aromatic ring is 1. The van der Waals surface area contributed by atoms with Crippen LogP contribution in [0.25, 0.3) is 11.2 Å². The number of hydrogen-bond acceptors (Lipinski definition) is 12. The van der Waals surface area contributed by atoms with Crippen LogP contribution in [0.5, 0.6) is 0 Å². The van der Waals surface area contributed by atoms with E-state index in [9.17, 15) is 34.2 Å². The third-order valence-corrected chi connectivity index (χ3v) is 7.25. The van der Waals surface area contributed by atoms with Gasteiger partial charge in [0.2, 0.25) is 17.3 Å². The highest BCUT2D eigenvalue weighted by Crippen LogP contribution is 2.25. The predicted octanol–water partition coefficient (Wildman–Crippen LogP) is -4.15. The standard InChI is InChI=1S/C22H32N8O10S/c23-10(21(38)39)1-2-14(33)26-11(19(36)25-6-16(34)35)8-41-4-3-29-9-30(15-5-12(32)13(7-31)40-15)18-17(29)20(37)28-22(24)27-18/h9-13,15,31-32H,1-8,23H2,(H6-,24,25,26,27,28,33,34,35,36,37,38,39)/p+1/t10-,11-,12-,13+,15+/m0/s1. The molecule has 0 unspecified atom stereocenters. The average Bonchev–Trinajstić information content (AvgIpc) is 3.47. The van der Waals surface area contributed by atoms with Crippen molar-refractivity contribution in [3.8, 4) is 0 Å². The van der Waals surface area contributed by atoms with Crippen molar-refractivity contribution in [1.82, 2.24) is 25.2 Å². The van der Waals surface area contributed by atoms with Crippen LogP contribution in [-0.2, 0) is 30.5 Å². The van der Waals surface area contributed by atoms with Crippen molar-refractivity contribution in [3.63, 3.8) is 0 Å². The number of imidazole rings is 1. The summed E-state index contributed by atoms with van der Waals surface area (Å²) in [6, 6.07) is -2.39. The molecule has 2 aromatic heterocycles. The van der Waals surface area contributed by atoms with Crippen molar-refractivity contribution < 1.29 is 48.9 Å². The largest absolute Gasteiger partial charge is 0.480 e. The molecule has 0 spiro atoms. The molecule has 0 aromatic carbocycles. The van der Waals surface area contributed by atoms with Gasteiger partial charge in [0.1, 0.15) is 24.7 Å². The molecule has 0 aliphatic carbocycles. The summed E-state index contributed by atoms with van der Waals surface area (Å²) in [4.78, 5) is 65.9. The van der Waals surface area contributed by atoms with Gasteiger partial charge in [-0.15, -0.1) is 0 Å². The maximum absolute atomic E-state index is 12.7. The minimum Gasteiger partial charge on any atom is -0.480 e. The maximum atomic E-state index is 12.7. The topological polar surface area (TPSA) is 289 Å². The summed E-state index contributed by atoms with van der Waals surface area (Å²) >= 11 is 1.22. The first-order chi connectivity index (χ1) is 19.4. The molecular weight excluding hydrogens is 568 g/mol. The number of carboxylic acids is 2. The Morgan fingerprint density at radius 3 is 2.68 bits per heavy atom. The molecule has 19 heteroatoms. The number of aromatic amines is 1. The number of aliphatic hydroxyl groups excluding tert-OH is 2. The van der Waals surface area contributed by atoms with Gasteiger partial charge in [-0.05, 0) is 6.42 Å². The molecule has 1 saturated heterocycles. The number of rotatable bonds is 15. The summed E-state index contributed by atoms with van der Waals surface area (Å²) in [5, 5.41) is 42.0. The van der Waals surface area contributed by atoms with E-state index in [-0.39, 0.29) is 48.7 Å². The smallest absolute Gasteiger partial charge is 0.322 e. The molecule has 2 aromatic rings. The van der Waals surface area contributed by atoms with Crippen molar-refractivity contribution in [2.75, 3.05) is 30.4 Å². The van der Waals surface area contributed by atoms with Gasteiger partial charge in [-0.2, -0.15) is 11.8 Å². The molecular formula is C22H33N8O10S+. The van der Waals surface area contributed by atoms with Gasteiger partial charge in [-0.3, -0.25) is 33.5 Å². The minimum absolute atomic E-state index is 0.0268. The van der Waals surface area contributed by atoms with Crippen molar-refractivity contribution in [3.05, 3.63) is 16.7 Å². The quantitative estimate of drug-likeness (QED) is 0.0692. The lowest BCUT2D eigenvalue weighted by Crippen LogP contribution is -2.49. The number of aromatic nitrogens is 4. The van der Waals surface area contributed by atoms with Crippen LogP contribution in [0.1, 0.15) is 25.5 Å². The van der Waals surface area contributed by atoms with E-state index >= 15 is 0 Å². The number of H-pyrrole nitrogens is 1. The number of carbonyl (C=O) groups is 4. The normalized spacial score (nSPS) is 20.0. The van der Waals surface area contributed by atoms with Gasteiger partial charge in [0, 0.05) is 24.3 Å². The summed E-state index contributed by atoms with van der Waals surface area (Å²) in [5.74, 6) is -3.71. The van der Waals surface area contributed by atoms with Crippen molar-refractivity contribution in [2.24, 2.45) is 5.73 Å². The molecule has 2 amide bonds. The first-order valence-electron chi connectivity index (χ1n) is 12.5. The van der Waals surface area contributed by atoms with Crippen LogP contribution in [0.2, 0.25) is 0 Å². The van der Waals surface area contributed by atoms with E-state index in [0.717, 1.165) is 0 Å². The van der Waals surface area contributed by atoms with Crippen molar-refractivity contribution in [1.29, 1.82) is 0 Å². The zero-order chi connectivity index (χ0) is 30.3. The highest BCUT2D eigenvalue weighted by Gasteiger charge is 2.39. The number of nitrogens with one attached hydrogen (secondary N) is 3. The fourth-order valence-electron chi connectivity index (χ4n) is 4.11. The number of thioether (sulfide) groups is 1. The SMILES string of the molecule is Nc1nc2c(c(=O)[nH]1)n(CCSC[C@H](NC(=O)CC[C@H](N)C(=O)O)C(=O)NCC(=O)O)c[n+]2[C@H]1C[C@H](O)[C@@H](CO)O1. The molecule has 0 saturated carbocycles. The van der Waals surface area contributed by atoms with Gasteiger partial charge in [0.15, 0.2) is 12.6 Å². The molecule has 3 rings (SSSR count). The number of nitrogens with two attached hydrogens (primary N) is 2. The van der Waals surface area contributed by atoms with Gasteiger partial charge >= 0.3 is 17.6 Å². The fourth-order valence-corrected chi connectivity index (χ4v) is 5.08. The second-order valence-electron chi connectivity index (χ2n) is 9.24. The predicted molar refractivity (Wildman–Crippen MR) is 141 cm³/mol. The second-order valence-corrected chi connectivity index (χ2v) is 10.4. The lowest BCUT2D eigenvalue weighted by Gasteiger charge is -2.18.